The van der Waals surface area contributed by atoms with Crippen molar-refractivity contribution >= 4 is 11.4 Å². The fourth-order valence-corrected chi connectivity index (χ4v) is 3.06. The van der Waals surface area contributed by atoms with Crippen molar-refractivity contribution in [1.82, 2.24) is 4.90 Å². The van der Waals surface area contributed by atoms with Crippen LogP contribution >= 0.6 is 0 Å². The van der Waals surface area contributed by atoms with E-state index in [4.69, 9.17) is 10.5 Å². The maximum atomic E-state index is 5.98. The van der Waals surface area contributed by atoms with Gasteiger partial charge in [-0.1, -0.05) is 6.07 Å². The second kappa shape index (κ2) is 5.39. The zero-order chi connectivity index (χ0) is 13.2. The molecule has 3 rings (SSSR count). The first-order chi connectivity index (χ1) is 9.22. The van der Waals surface area contributed by atoms with Crippen LogP contribution in [0.25, 0.3) is 0 Å². The number of nitrogens with zero attached hydrogens (tertiary/aromatic N) is 1. The van der Waals surface area contributed by atoms with Crippen LogP contribution in [0.3, 0.4) is 0 Å². The Labute approximate surface area is 114 Å². The van der Waals surface area contributed by atoms with Gasteiger partial charge in [0.05, 0.1) is 24.1 Å². The van der Waals surface area contributed by atoms with E-state index in [0.29, 0.717) is 6.04 Å². The van der Waals surface area contributed by atoms with E-state index in [1.807, 2.05) is 12.1 Å². The average molecular weight is 261 g/mol. The van der Waals surface area contributed by atoms with Crippen molar-refractivity contribution in [1.29, 1.82) is 0 Å². The minimum absolute atomic E-state index is 0.272. The number of ether oxygens (including phenoxy) is 1. The lowest BCUT2D eigenvalue weighted by Crippen LogP contribution is -2.48. The van der Waals surface area contributed by atoms with E-state index >= 15 is 0 Å². The molecule has 2 aliphatic heterocycles. The predicted molar refractivity (Wildman–Crippen MR) is 78.4 cm³/mol. The van der Waals surface area contributed by atoms with Gasteiger partial charge < -0.3 is 15.8 Å². The lowest BCUT2D eigenvalue weighted by atomic mass is 10.1. The van der Waals surface area contributed by atoms with E-state index in [-0.39, 0.29) is 6.10 Å². The third kappa shape index (κ3) is 2.85. The van der Waals surface area contributed by atoms with Gasteiger partial charge >= 0.3 is 0 Å². The third-order valence-electron chi connectivity index (χ3n) is 4.19. The first-order valence-electron chi connectivity index (χ1n) is 7.18. The molecule has 19 heavy (non-hydrogen) atoms. The van der Waals surface area contributed by atoms with Crippen LogP contribution in [0.5, 0.6) is 0 Å². The standard InChI is InChI=1S/C15H23N3O/c1-11-4-5-14(16)15(7-11)17-8-13-9-18-6-2-3-12(18)10-19-13/h4-5,7,12-13,17H,2-3,6,8-10,16H2,1H3. The molecule has 2 atom stereocenters. The largest absolute Gasteiger partial charge is 0.397 e. The Morgan fingerprint density at radius 2 is 2.37 bits per heavy atom. The minimum atomic E-state index is 0.272. The van der Waals surface area contributed by atoms with Gasteiger partial charge in [0.25, 0.3) is 0 Å². The molecule has 4 nitrogen and oxygen atoms in total. The van der Waals surface area contributed by atoms with Crippen LogP contribution in [0.1, 0.15) is 18.4 Å². The number of morpholine rings is 1. The van der Waals surface area contributed by atoms with Crippen molar-refractivity contribution in [3.8, 4) is 0 Å². The number of nitrogen functional groups attached to an aromatic ring is 1. The van der Waals surface area contributed by atoms with Gasteiger partial charge in [0.15, 0.2) is 0 Å². The number of aryl methyl sites for hydroxylation is 1. The van der Waals surface area contributed by atoms with Gasteiger partial charge in [0, 0.05) is 19.1 Å². The van der Waals surface area contributed by atoms with Crippen LogP contribution in [0, 0.1) is 6.92 Å². The Bertz CT molecular complexity index is 449. The summed E-state index contributed by atoms with van der Waals surface area (Å²) in [5.41, 5.74) is 9.03. The maximum absolute atomic E-state index is 5.98. The highest BCUT2D eigenvalue weighted by Crippen LogP contribution is 2.24. The molecule has 2 saturated heterocycles. The second-order valence-electron chi connectivity index (χ2n) is 5.72. The number of nitrogens with one attached hydrogen (secondary N) is 1. The predicted octanol–water partition coefficient (Wildman–Crippen LogP) is 1.85. The van der Waals surface area contributed by atoms with Crippen molar-refractivity contribution in [2.45, 2.75) is 31.9 Å². The smallest absolute Gasteiger partial charge is 0.0874 e. The van der Waals surface area contributed by atoms with Gasteiger partial charge in [-0.15, -0.1) is 0 Å². The Kier molecular flexibility index (Phi) is 3.62. The fourth-order valence-electron chi connectivity index (χ4n) is 3.06. The molecule has 3 N–H and O–H groups in total. The van der Waals surface area contributed by atoms with Gasteiger partial charge in [-0.25, -0.2) is 0 Å². The molecule has 0 bridgehead atoms. The first kappa shape index (κ1) is 12.8. The summed E-state index contributed by atoms with van der Waals surface area (Å²) in [7, 11) is 0. The van der Waals surface area contributed by atoms with E-state index < -0.39 is 0 Å². The molecule has 0 spiro atoms. The summed E-state index contributed by atoms with van der Waals surface area (Å²) in [6.45, 7) is 6.07. The monoisotopic (exact) mass is 261 g/mol. The topological polar surface area (TPSA) is 50.5 Å². The normalized spacial score (nSPS) is 27.2. The fraction of sp³-hybridized carbons (Fsp3) is 0.600. The maximum Gasteiger partial charge on any atom is 0.0874 e. The van der Waals surface area contributed by atoms with Crippen LogP contribution in [0.15, 0.2) is 18.2 Å². The van der Waals surface area contributed by atoms with Gasteiger partial charge in [0.2, 0.25) is 0 Å². The molecule has 1 aromatic carbocycles. The summed E-state index contributed by atoms with van der Waals surface area (Å²) in [4.78, 5) is 2.56. The van der Waals surface area contributed by atoms with Crippen molar-refractivity contribution in [2.24, 2.45) is 0 Å². The van der Waals surface area contributed by atoms with Crippen LogP contribution in [0.2, 0.25) is 0 Å². The van der Waals surface area contributed by atoms with Crippen LogP contribution in [0.4, 0.5) is 11.4 Å². The summed E-state index contributed by atoms with van der Waals surface area (Å²) < 4.78 is 5.94. The molecule has 0 saturated carbocycles. The molecule has 1 aromatic rings. The van der Waals surface area contributed by atoms with E-state index in [9.17, 15) is 0 Å². The van der Waals surface area contributed by atoms with Crippen LogP contribution < -0.4 is 11.1 Å². The number of hydrogen-bond acceptors (Lipinski definition) is 4. The molecule has 104 valence electrons. The molecule has 0 radical (unpaired) electrons. The van der Waals surface area contributed by atoms with Crippen molar-refractivity contribution < 1.29 is 4.74 Å². The first-order valence-corrected chi connectivity index (χ1v) is 7.18. The number of fused-ring (bicyclic) bond motifs is 1. The molecule has 2 fully saturated rings. The van der Waals surface area contributed by atoms with E-state index in [0.717, 1.165) is 31.1 Å². The number of anilines is 2. The van der Waals surface area contributed by atoms with Gasteiger partial charge in [0.1, 0.15) is 0 Å². The summed E-state index contributed by atoms with van der Waals surface area (Å²) in [5.74, 6) is 0. The van der Waals surface area contributed by atoms with Gasteiger partial charge in [-0.05, 0) is 44.0 Å². The van der Waals surface area contributed by atoms with E-state index in [2.05, 4.69) is 23.2 Å². The van der Waals surface area contributed by atoms with E-state index in [1.54, 1.807) is 0 Å². The van der Waals surface area contributed by atoms with E-state index in [1.165, 1.54) is 24.9 Å². The minimum Gasteiger partial charge on any atom is -0.397 e. The highest BCUT2D eigenvalue weighted by molar-refractivity contribution is 5.66. The zero-order valence-electron chi connectivity index (χ0n) is 11.6. The summed E-state index contributed by atoms with van der Waals surface area (Å²) in [5, 5.41) is 3.43. The van der Waals surface area contributed by atoms with Crippen molar-refractivity contribution in [3.63, 3.8) is 0 Å². The molecule has 0 aromatic heterocycles. The lowest BCUT2D eigenvalue weighted by molar-refractivity contribution is -0.0415. The average Bonchev–Trinajstić information content (AvgIpc) is 2.87. The molecule has 2 aliphatic rings. The Hall–Kier alpha value is -1.26. The number of nitrogens with two attached hydrogens (primary N) is 1. The quantitative estimate of drug-likeness (QED) is 0.815. The Morgan fingerprint density at radius 1 is 1.47 bits per heavy atom. The Morgan fingerprint density at radius 3 is 3.26 bits per heavy atom. The number of rotatable bonds is 3. The molecular weight excluding hydrogens is 238 g/mol. The molecule has 2 unspecified atom stereocenters. The number of benzene rings is 1. The molecule has 0 amide bonds. The number of hydrogen-bond donors (Lipinski definition) is 2. The zero-order valence-corrected chi connectivity index (χ0v) is 11.6. The highest BCUT2D eigenvalue weighted by Gasteiger charge is 2.31. The molecule has 0 aliphatic carbocycles. The van der Waals surface area contributed by atoms with Crippen LogP contribution in [-0.4, -0.2) is 43.3 Å². The van der Waals surface area contributed by atoms with Gasteiger partial charge in [-0.2, -0.15) is 0 Å². The second-order valence-corrected chi connectivity index (χ2v) is 5.72. The SMILES string of the molecule is Cc1ccc(N)c(NCC2CN3CCCC3CO2)c1. The Balaban J connectivity index is 1.56. The highest BCUT2D eigenvalue weighted by atomic mass is 16.5. The van der Waals surface area contributed by atoms with Crippen LogP contribution in [-0.2, 0) is 4.74 Å². The molecular formula is C15H23N3O. The summed E-state index contributed by atoms with van der Waals surface area (Å²) in [6, 6.07) is 6.75. The molecule has 2 heterocycles. The van der Waals surface area contributed by atoms with Crippen molar-refractivity contribution in [3.05, 3.63) is 23.8 Å². The van der Waals surface area contributed by atoms with Crippen molar-refractivity contribution in [2.75, 3.05) is 37.3 Å². The summed E-state index contributed by atoms with van der Waals surface area (Å²) in [6.07, 6.45) is 2.89. The third-order valence-corrected chi connectivity index (χ3v) is 4.19. The lowest BCUT2D eigenvalue weighted by Gasteiger charge is -2.35. The summed E-state index contributed by atoms with van der Waals surface area (Å²) >= 11 is 0. The molecule has 4 heteroatoms. The van der Waals surface area contributed by atoms with Gasteiger partial charge in [-0.3, -0.25) is 4.90 Å².